The van der Waals surface area contributed by atoms with Crippen molar-refractivity contribution in [2.45, 2.75) is 32.6 Å². The maximum Gasteiger partial charge on any atom is 0.348 e. The number of aliphatic hydroxyl groups is 2. The largest absolute Gasteiger partial charge is 0.394 e. The maximum absolute atomic E-state index is 11.0. The Kier molecular flexibility index (Phi) is 15.8. The van der Waals surface area contributed by atoms with Crippen molar-refractivity contribution in [2.75, 3.05) is 13.2 Å². The van der Waals surface area contributed by atoms with Crippen LogP contribution in [-0.2, 0) is 9.74 Å². The summed E-state index contributed by atoms with van der Waals surface area (Å²) in [6.45, 7) is 1.76. The van der Waals surface area contributed by atoms with Crippen LogP contribution in [0.3, 0.4) is 0 Å². The molecule has 0 aromatic rings. The van der Waals surface area contributed by atoms with Gasteiger partial charge in [-0.25, -0.2) is 4.79 Å². The zero-order valence-electron chi connectivity index (χ0n) is 7.83. The molecule has 0 aromatic carbocycles. The summed E-state index contributed by atoms with van der Waals surface area (Å²) in [6, 6.07) is 0. The fraction of sp³-hybridized carbons (Fsp3) is 0.875. The van der Waals surface area contributed by atoms with Gasteiger partial charge in [0.15, 0.2) is 0 Å². The molecule has 0 aliphatic heterocycles. The van der Waals surface area contributed by atoms with Crippen LogP contribution in [0.5, 0.6) is 0 Å². The average Bonchev–Trinajstić information content (AvgIpc) is 2.18. The predicted octanol–water partition coefficient (Wildman–Crippen LogP) is 0.965. The highest BCUT2D eigenvalue weighted by atomic mass is 19.3. The number of halogens is 1. The molecule has 0 heterocycles. The Labute approximate surface area is 77.2 Å². The van der Waals surface area contributed by atoms with E-state index in [2.05, 4.69) is 4.94 Å². The minimum atomic E-state index is -0.761. The number of carbonyl (C=O) groups is 1. The van der Waals surface area contributed by atoms with Crippen LogP contribution < -0.4 is 0 Å². The highest BCUT2D eigenvalue weighted by Gasteiger charge is 1.99. The quantitative estimate of drug-likeness (QED) is 0.643. The van der Waals surface area contributed by atoms with Gasteiger partial charge in [-0.05, 0) is 6.42 Å². The third kappa shape index (κ3) is 18.4. The number of hydrogen-bond donors (Lipinski definition) is 2. The zero-order valence-corrected chi connectivity index (χ0v) is 7.83. The lowest BCUT2D eigenvalue weighted by atomic mass is 10.2. The molecule has 0 radical (unpaired) electrons. The van der Waals surface area contributed by atoms with Crippen molar-refractivity contribution in [1.82, 2.24) is 0 Å². The van der Waals surface area contributed by atoms with Crippen molar-refractivity contribution >= 4 is 5.97 Å². The molecule has 0 unspecified atom stereocenters. The van der Waals surface area contributed by atoms with Gasteiger partial charge in [0.05, 0.1) is 13.2 Å². The van der Waals surface area contributed by atoms with Crippen LogP contribution in [0.1, 0.15) is 32.6 Å². The number of unbranched alkanes of at least 4 members (excludes halogenated alkanes) is 2. The lowest BCUT2D eigenvalue weighted by Gasteiger charge is -1.91. The molecule has 0 amide bonds. The second-order valence-electron chi connectivity index (χ2n) is 2.35. The van der Waals surface area contributed by atoms with Crippen molar-refractivity contribution in [3.05, 3.63) is 0 Å². The monoisotopic (exact) mass is 196 g/mol. The van der Waals surface area contributed by atoms with Crippen LogP contribution in [-0.4, -0.2) is 29.4 Å². The minimum absolute atomic E-state index is 0.125. The molecule has 0 bridgehead atoms. The van der Waals surface area contributed by atoms with Gasteiger partial charge in [-0.1, -0.05) is 19.8 Å². The standard InChI is InChI=1S/C6H11FO2.C2H6O2/c1-2-3-4-5-6(8)9-7;3-1-2-4/h2-5H2,1H3;3-4H,1-2H2. The Morgan fingerprint density at radius 2 is 1.85 bits per heavy atom. The van der Waals surface area contributed by atoms with Gasteiger partial charge >= 0.3 is 5.97 Å². The van der Waals surface area contributed by atoms with Gasteiger partial charge in [0.2, 0.25) is 0 Å². The third-order valence-corrected chi connectivity index (χ3v) is 1.17. The van der Waals surface area contributed by atoms with E-state index >= 15 is 0 Å². The Morgan fingerprint density at radius 3 is 2.15 bits per heavy atom. The SMILES string of the molecule is CCCCCC(=O)OF.OCCO. The van der Waals surface area contributed by atoms with E-state index < -0.39 is 5.97 Å². The van der Waals surface area contributed by atoms with Crippen LogP contribution in [0.15, 0.2) is 0 Å². The molecular weight excluding hydrogens is 179 g/mol. The van der Waals surface area contributed by atoms with Gasteiger partial charge < -0.3 is 10.2 Å². The van der Waals surface area contributed by atoms with Crippen LogP contribution in [0.4, 0.5) is 4.53 Å². The maximum atomic E-state index is 11.0. The van der Waals surface area contributed by atoms with Crippen molar-refractivity contribution < 1.29 is 24.5 Å². The fourth-order valence-electron chi connectivity index (χ4n) is 0.558. The number of hydrogen-bond acceptors (Lipinski definition) is 4. The summed E-state index contributed by atoms with van der Waals surface area (Å²) in [5.74, 6) is -0.761. The van der Waals surface area contributed by atoms with E-state index in [1.807, 2.05) is 6.92 Å². The van der Waals surface area contributed by atoms with E-state index in [0.29, 0.717) is 0 Å². The molecule has 0 aliphatic rings. The topological polar surface area (TPSA) is 66.8 Å². The summed E-state index contributed by atoms with van der Waals surface area (Å²) >= 11 is 0. The molecule has 0 aromatic heterocycles. The molecule has 0 rings (SSSR count). The zero-order chi connectivity index (χ0) is 10.5. The highest BCUT2D eigenvalue weighted by Crippen LogP contribution is 1.99. The van der Waals surface area contributed by atoms with E-state index in [-0.39, 0.29) is 19.6 Å². The van der Waals surface area contributed by atoms with Gasteiger partial charge in [-0.2, -0.15) is 0 Å². The van der Waals surface area contributed by atoms with Gasteiger partial charge in [-0.15, -0.1) is 0 Å². The molecule has 0 saturated heterocycles. The van der Waals surface area contributed by atoms with Crippen molar-refractivity contribution in [1.29, 1.82) is 0 Å². The molecule has 4 nitrogen and oxygen atoms in total. The molecule has 0 aliphatic carbocycles. The summed E-state index contributed by atoms with van der Waals surface area (Å²) in [4.78, 5) is 13.0. The summed E-state index contributed by atoms with van der Waals surface area (Å²) in [6.07, 6.45) is 2.90. The van der Waals surface area contributed by atoms with E-state index in [1.165, 1.54) is 0 Å². The lowest BCUT2D eigenvalue weighted by Crippen LogP contribution is -1.95. The molecule has 2 N–H and O–H groups in total. The molecule has 0 spiro atoms. The number of carbonyl (C=O) groups excluding carboxylic acids is 1. The van der Waals surface area contributed by atoms with Gasteiger partial charge in [-0.3, -0.25) is 4.94 Å². The van der Waals surface area contributed by atoms with E-state index in [0.717, 1.165) is 19.3 Å². The van der Waals surface area contributed by atoms with E-state index in [9.17, 15) is 9.32 Å². The molecule has 0 fully saturated rings. The molecule has 5 heteroatoms. The minimum Gasteiger partial charge on any atom is -0.394 e. The summed E-state index contributed by atoms with van der Waals surface area (Å²) in [5, 5.41) is 15.2. The van der Waals surface area contributed by atoms with Crippen molar-refractivity contribution in [3.63, 3.8) is 0 Å². The van der Waals surface area contributed by atoms with Crippen molar-refractivity contribution in [3.8, 4) is 0 Å². The Bertz CT molecular complexity index is 106. The summed E-state index contributed by atoms with van der Waals surface area (Å²) < 4.78 is 11.0. The van der Waals surface area contributed by atoms with Crippen LogP contribution >= 0.6 is 0 Å². The van der Waals surface area contributed by atoms with Gasteiger partial charge in [0, 0.05) is 10.9 Å². The molecule has 0 saturated carbocycles. The smallest absolute Gasteiger partial charge is 0.348 e. The van der Waals surface area contributed by atoms with Crippen LogP contribution in [0.25, 0.3) is 0 Å². The Morgan fingerprint density at radius 1 is 1.31 bits per heavy atom. The second kappa shape index (κ2) is 13.9. The van der Waals surface area contributed by atoms with E-state index in [1.54, 1.807) is 0 Å². The Balaban J connectivity index is 0. The number of aliphatic hydroxyl groups excluding tert-OH is 2. The van der Waals surface area contributed by atoms with Crippen LogP contribution in [0, 0.1) is 0 Å². The predicted molar refractivity (Wildman–Crippen MR) is 45.5 cm³/mol. The summed E-state index contributed by atoms with van der Waals surface area (Å²) in [5.41, 5.74) is 0. The lowest BCUT2D eigenvalue weighted by molar-refractivity contribution is -0.183. The van der Waals surface area contributed by atoms with Gasteiger partial charge in [0.25, 0.3) is 0 Å². The van der Waals surface area contributed by atoms with E-state index in [4.69, 9.17) is 10.2 Å². The molecule has 0 atom stereocenters. The molecule has 13 heavy (non-hydrogen) atoms. The highest BCUT2D eigenvalue weighted by molar-refractivity contribution is 5.68. The number of rotatable bonds is 5. The normalized spacial score (nSPS) is 8.62. The Hall–Kier alpha value is -0.680. The second-order valence-corrected chi connectivity index (χ2v) is 2.35. The first-order valence-corrected chi connectivity index (χ1v) is 4.26. The average molecular weight is 196 g/mol. The molecular formula is C8H17FO4. The first-order chi connectivity index (χ1) is 6.22. The molecule has 80 valence electrons. The summed E-state index contributed by atoms with van der Waals surface area (Å²) in [7, 11) is 0. The van der Waals surface area contributed by atoms with Crippen molar-refractivity contribution in [2.24, 2.45) is 0 Å². The fourth-order valence-corrected chi connectivity index (χ4v) is 0.558. The van der Waals surface area contributed by atoms with Crippen LogP contribution in [0.2, 0.25) is 0 Å². The first kappa shape index (κ1) is 14.8. The van der Waals surface area contributed by atoms with Gasteiger partial charge in [0.1, 0.15) is 0 Å². The first-order valence-electron chi connectivity index (χ1n) is 4.26. The third-order valence-electron chi connectivity index (χ3n) is 1.17.